The van der Waals surface area contributed by atoms with Gasteiger partial charge in [0.2, 0.25) is 0 Å². The molecule has 5 heteroatoms. The van der Waals surface area contributed by atoms with Crippen LogP contribution in [-0.4, -0.2) is 15.8 Å². The Balaban J connectivity index is 1.36. The van der Waals surface area contributed by atoms with Crippen LogP contribution in [0.25, 0.3) is 16.7 Å². The third-order valence-corrected chi connectivity index (χ3v) is 7.06. The molecule has 5 nitrogen and oxygen atoms in total. The summed E-state index contributed by atoms with van der Waals surface area (Å²) in [5.74, 6) is 1.05. The minimum atomic E-state index is -0.675. The fourth-order valence-corrected chi connectivity index (χ4v) is 5.09. The summed E-state index contributed by atoms with van der Waals surface area (Å²) in [6, 6.07) is 37.7. The van der Waals surface area contributed by atoms with Gasteiger partial charge in [0.1, 0.15) is 5.82 Å². The molecule has 1 aliphatic rings. The maximum Gasteiger partial charge on any atom is 0.170 e. The summed E-state index contributed by atoms with van der Waals surface area (Å²) in [5, 5.41) is 12.6. The summed E-state index contributed by atoms with van der Waals surface area (Å²) in [7, 11) is 0. The molecule has 1 aromatic heterocycles. The summed E-state index contributed by atoms with van der Waals surface area (Å²) in [5.41, 5.74) is 5.80. The van der Waals surface area contributed by atoms with Gasteiger partial charge in [0, 0.05) is 12.1 Å². The number of benzene rings is 4. The van der Waals surface area contributed by atoms with E-state index < -0.39 is 5.54 Å². The van der Waals surface area contributed by atoms with Gasteiger partial charge in [0.25, 0.3) is 0 Å². The number of para-hydroxylation sites is 3. The SMILES string of the molecule is CC(C)(Cc1nc2ccccc2n1-c1ccccc1)c1ccc(C2(c3ccccc3)C=NN=N2)cc1. The Morgan fingerprint density at radius 1 is 0.722 bits per heavy atom. The summed E-state index contributed by atoms with van der Waals surface area (Å²) >= 11 is 0. The second-order valence-corrected chi connectivity index (χ2v) is 9.89. The van der Waals surface area contributed by atoms with Gasteiger partial charge in [0.05, 0.1) is 17.2 Å². The molecule has 2 heterocycles. The molecule has 0 aliphatic carbocycles. The Morgan fingerprint density at radius 3 is 2.06 bits per heavy atom. The van der Waals surface area contributed by atoms with Gasteiger partial charge in [-0.15, -0.1) is 10.2 Å². The van der Waals surface area contributed by atoms with Gasteiger partial charge in [-0.25, -0.2) is 4.98 Å². The molecule has 4 aromatic carbocycles. The highest BCUT2D eigenvalue weighted by molar-refractivity contribution is 5.80. The van der Waals surface area contributed by atoms with Crippen LogP contribution in [0.5, 0.6) is 0 Å². The van der Waals surface area contributed by atoms with Crippen LogP contribution in [0.2, 0.25) is 0 Å². The standard InChI is InChI=1S/C31H27N5/c1-30(2,21-29-33-27-15-9-10-16-28(27)36(29)26-13-7-4-8-14-26)23-17-19-25(20-18-23)31(22-32-35-34-31)24-11-5-3-6-12-24/h3-20,22H,21H2,1-2H3. The molecule has 1 unspecified atom stereocenters. The largest absolute Gasteiger partial charge is 0.296 e. The predicted octanol–water partition coefficient (Wildman–Crippen LogP) is 7.24. The highest BCUT2D eigenvalue weighted by Crippen LogP contribution is 2.37. The van der Waals surface area contributed by atoms with Crippen molar-refractivity contribution in [2.45, 2.75) is 31.2 Å². The van der Waals surface area contributed by atoms with Gasteiger partial charge in [-0.2, -0.15) is 0 Å². The second-order valence-electron chi connectivity index (χ2n) is 9.89. The van der Waals surface area contributed by atoms with Gasteiger partial charge in [-0.05, 0) is 51.6 Å². The summed E-state index contributed by atoms with van der Waals surface area (Å²) in [6.07, 6.45) is 2.62. The number of nitrogens with zero attached hydrogens (tertiary/aromatic N) is 5. The first kappa shape index (κ1) is 22.1. The zero-order valence-corrected chi connectivity index (χ0v) is 20.4. The third-order valence-electron chi connectivity index (χ3n) is 7.06. The van der Waals surface area contributed by atoms with Crippen LogP contribution in [0.1, 0.15) is 36.4 Å². The van der Waals surface area contributed by atoms with E-state index in [0.29, 0.717) is 0 Å². The maximum atomic E-state index is 5.05. The van der Waals surface area contributed by atoms with E-state index in [9.17, 15) is 0 Å². The number of hydrogen-bond acceptors (Lipinski definition) is 4. The van der Waals surface area contributed by atoms with Crippen LogP contribution >= 0.6 is 0 Å². The van der Waals surface area contributed by atoms with Gasteiger partial charge in [0.15, 0.2) is 5.54 Å². The summed E-state index contributed by atoms with van der Waals surface area (Å²) < 4.78 is 2.28. The summed E-state index contributed by atoms with van der Waals surface area (Å²) in [6.45, 7) is 4.56. The van der Waals surface area contributed by atoms with E-state index in [1.165, 1.54) is 5.56 Å². The Kier molecular flexibility index (Phi) is 5.33. The average molecular weight is 470 g/mol. The molecule has 176 valence electrons. The van der Waals surface area contributed by atoms with E-state index in [1.54, 1.807) is 0 Å². The lowest BCUT2D eigenvalue weighted by Gasteiger charge is -2.27. The van der Waals surface area contributed by atoms with Crippen molar-refractivity contribution in [1.82, 2.24) is 9.55 Å². The van der Waals surface area contributed by atoms with Crippen LogP contribution in [0.3, 0.4) is 0 Å². The zero-order chi connectivity index (χ0) is 24.6. The second kappa shape index (κ2) is 8.68. The first-order valence-corrected chi connectivity index (χ1v) is 12.2. The van der Waals surface area contributed by atoms with E-state index >= 15 is 0 Å². The topological polar surface area (TPSA) is 54.9 Å². The molecule has 0 radical (unpaired) electrons. The lowest BCUT2D eigenvalue weighted by Crippen LogP contribution is -2.26. The normalized spacial score (nSPS) is 17.2. The van der Waals surface area contributed by atoms with Crippen molar-refractivity contribution < 1.29 is 0 Å². The van der Waals surface area contributed by atoms with Crippen molar-refractivity contribution in [3.8, 4) is 5.69 Å². The Hall–Kier alpha value is -4.38. The number of aromatic nitrogens is 2. The Morgan fingerprint density at radius 2 is 1.36 bits per heavy atom. The van der Waals surface area contributed by atoms with Crippen LogP contribution in [0.15, 0.2) is 125 Å². The van der Waals surface area contributed by atoms with Crippen molar-refractivity contribution in [3.63, 3.8) is 0 Å². The molecule has 0 spiro atoms. The van der Waals surface area contributed by atoms with Crippen LogP contribution < -0.4 is 0 Å². The highest BCUT2D eigenvalue weighted by atomic mass is 15.4. The van der Waals surface area contributed by atoms with Crippen LogP contribution in [0, 0.1) is 0 Å². The fraction of sp³-hybridized carbons (Fsp3) is 0.161. The monoisotopic (exact) mass is 469 g/mol. The molecule has 36 heavy (non-hydrogen) atoms. The van der Waals surface area contributed by atoms with Crippen LogP contribution in [0.4, 0.5) is 0 Å². The molecule has 1 atom stereocenters. The average Bonchev–Trinajstić information content (AvgIpc) is 3.55. The molecule has 5 aromatic rings. The van der Waals surface area contributed by atoms with E-state index in [0.717, 1.165) is 40.1 Å². The molecule has 0 fully saturated rings. The molecule has 6 rings (SSSR count). The Bertz CT molecular complexity index is 1550. The predicted molar refractivity (Wildman–Crippen MR) is 145 cm³/mol. The van der Waals surface area contributed by atoms with Gasteiger partial charge >= 0.3 is 0 Å². The molecule has 0 saturated carbocycles. The third kappa shape index (κ3) is 3.73. The molecular weight excluding hydrogens is 442 g/mol. The fourth-order valence-electron chi connectivity index (χ4n) is 5.09. The lowest BCUT2D eigenvalue weighted by atomic mass is 9.78. The number of rotatable bonds is 6. The number of hydrogen-bond donors (Lipinski definition) is 0. The first-order chi connectivity index (χ1) is 17.6. The molecule has 1 aliphatic heterocycles. The summed E-state index contributed by atoms with van der Waals surface area (Å²) in [4.78, 5) is 5.05. The van der Waals surface area contributed by atoms with E-state index in [2.05, 4.69) is 113 Å². The van der Waals surface area contributed by atoms with E-state index in [4.69, 9.17) is 4.98 Å². The van der Waals surface area contributed by atoms with Crippen molar-refractivity contribution in [1.29, 1.82) is 0 Å². The maximum absolute atomic E-state index is 5.05. The van der Waals surface area contributed by atoms with Gasteiger partial charge in [-0.3, -0.25) is 4.57 Å². The van der Waals surface area contributed by atoms with E-state index in [1.807, 2.05) is 36.5 Å². The van der Waals surface area contributed by atoms with Crippen molar-refractivity contribution >= 4 is 17.2 Å². The minimum absolute atomic E-state index is 0.141. The van der Waals surface area contributed by atoms with Gasteiger partial charge in [-0.1, -0.05) is 98.8 Å². The molecule has 0 amide bonds. The highest BCUT2D eigenvalue weighted by Gasteiger charge is 2.36. The quantitative estimate of drug-likeness (QED) is 0.259. The molecule has 0 bridgehead atoms. The molecule has 0 saturated heterocycles. The molecule has 0 N–H and O–H groups in total. The number of fused-ring (bicyclic) bond motifs is 1. The van der Waals surface area contributed by atoms with E-state index in [-0.39, 0.29) is 5.41 Å². The lowest BCUT2D eigenvalue weighted by molar-refractivity contribution is 0.504. The number of imidazole rings is 1. The van der Waals surface area contributed by atoms with Gasteiger partial charge < -0.3 is 0 Å². The molecular formula is C31H27N5. The van der Waals surface area contributed by atoms with Crippen LogP contribution in [-0.2, 0) is 17.4 Å². The smallest absolute Gasteiger partial charge is 0.170 e. The Labute approximate surface area is 210 Å². The zero-order valence-electron chi connectivity index (χ0n) is 20.4. The first-order valence-electron chi connectivity index (χ1n) is 12.2. The van der Waals surface area contributed by atoms with Crippen molar-refractivity contribution in [3.05, 3.63) is 132 Å². The van der Waals surface area contributed by atoms with Crippen molar-refractivity contribution in [2.24, 2.45) is 15.4 Å². The van der Waals surface area contributed by atoms with Crippen molar-refractivity contribution in [2.75, 3.05) is 0 Å². The minimum Gasteiger partial charge on any atom is -0.296 e.